The van der Waals surface area contributed by atoms with Gasteiger partial charge >= 0.3 is 12.1 Å². The number of carbonyl (C=O) groups is 3. The fourth-order valence-corrected chi connectivity index (χ4v) is 3.17. The summed E-state index contributed by atoms with van der Waals surface area (Å²) in [5, 5.41) is 0. The Kier molecular flexibility index (Phi) is 5.16. The fourth-order valence-electron chi connectivity index (χ4n) is 3.17. The standard InChI is InChI=1S/C16H26N2O5/c1-16(2,3)23-15(21)18-10-5-7-11(18)13(19)17-9-6-8-12(17)14(20)22-4/h11-12H,5-10H2,1-4H3/t11-,12-/m0/s1. The zero-order valence-corrected chi connectivity index (χ0v) is 14.3. The van der Waals surface area contributed by atoms with E-state index in [1.54, 1.807) is 25.7 Å². The molecular weight excluding hydrogens is 300 g/mol. The van der Waals surface area contributed by atoms with Crippen molar-refractivity contribution in [2.75, 3.05) is 20.2 Å². The van der Waals surface area contributed by atoms with Gasteiger partial charge in [-0.3, -0.25) is 9.69 Å². The van der Waals surface area contributed by atoms with E-state index >= 15 is 0 Å². The highest BCUT2D eigenvalue weighted by atomic mass is 16.6. The molecule has 0 saturated carbocycles. The number of ether oxygens (including phenoxy) is 2. The lowest BCUT2D eigenvalue weighted by molar-refractivity contribution is -0.152. The first-order valence-electron chi connectivity index (χ1n) is 8.12. The van der Waals surface area contributed by atoms with Crippen molar-refractivity contribution in [1.82, 2.24) is 9.80 Å². The molecule has 0 bridgehead atoms. The highest BCUT2D eigenvalue weighted by molar-refractivity contribution is 5.90. The van der Waals surface area contributed by atoms with Crippen LogP contribution in [-0.2, 0) is 19.1 Å². The Labute approximate surface area is 136 Å². The maximum absolute atomic E-state index is 12.8. The average molecular weight is 326 g/mol. The molecule has 0 aromatic heterocycles. The SMILES string of the molecule is COC(=O)[C@@H]1CCCN1C(=O)[C@@H]1CCCN1C(=O)OC(C)(C)C. The summed E-state index contributed by atoms with van der Waals surface area (Å²) in [5.74, 6) is -0.570. The van der Waals surface area contributed by atoms with Crippen LogP contribution >= 0.6 is 0 Å². The second-order valence-electron chi connectivity index (χ2n) is 7.04. The lowest BCUT2D eigenvalue weighted by atomic mass is 10.1. The van der Waals surface area contributed by atoms with Gasteiger partial charge in [-0.1, -0.05) is 0 Å². The van der Waals surface area contributed by atoms with E-state index in [0.717, 1.165) is 12.8 Å². The van der Waals surface area contributed by atoms with Gasteiger partial charge in [-0.2, -0.15) is 0 Å². The van der Waals surface area contributed by atoms with Crippen LogP contribution in [0.5, 0.6) is 0 Å². The Morgan fingerprint density at radius 2 is 1.52 bits per heavy atom. The number of amides is 2. The Balaban J connectivity index is 2.08. The van der Waals surface area contributed by atoms with Crippen molar-refractivity contribution in [3.8, 4) is 0 Å². The van der Waals surface area contributed by atoms with Gasteiger partial charge in [0.25, 0.3) is 0 Å². The molecule has 0 aromatic carbocycles. The van der Waals surface area contributed by atoms with Crippen LogP contribution in [0, 0.1) is 0 Å². The second-order valence-corrected chi connectivity index (χ2v) is 7.04. The summed E-state index contributed by atoms with van der Waals surface area (Å²) < 4.78 is 10.2. The zero-order chi connectivity index (χ0) is 17.2. The third-order valence-corrected chi connectivity index (χ3v) is 4.18. The normalized spacial score (nSPS) is 24.7. The number of hydrogen-bond donors (Lipinski definition) is 0. The molecule has 0 aliphatic carbocycles. The number of likely N-dealkylation sites (tertiary alicyclic amines) is 2. The van der Waals surface area contributed by atoms with Crippen LogP contribution in [-0.4, -0.2) is 65.7 Å². The molecule has 0 radical (unpaired) electrons. The van der Waals surface area contributed by atoms with Gasteiger partial charge in [0.1, 0.15) is 17.7 Å². The van der Waals surface area contributed by atoms with Gasteiger partial charge in [-0.25, -0.2) is 9.59 Å². The van der Waals surface area contributed by atoms with E-state index < -0.39 is 29.7 Å². The third-order valence-electron chi connectivity index (χ3n) is 4.18. The molecule has 2 saturated heterocycles. The van der Waals surface area contributed by atoms with E-state index in [1.165, 1.54) is 12.0 Å². The Morgan fingerprint density at radius 3 is 2.09 bits per heavy atom. The van der Waals surface area contributed by atoms with E-state index in [1.807, 2.05) is 0 Å². The molecule has 0 aromatic rings. The predicted octanol–water partition coefficient (Wildman–Crippen LogP) is 1.55. The van der Waals surface area contributed by atoms with Gasteiger partial charge < -0.3 is 14.4 Å². The first kappa shape index (κ1) is 17.6. The van der Waals surface area contributed by atoms with Crippen molar-refractivity contribution < 1.29 is 23.9 Å². The molecule has 2 rings (SSSR count). The van der Waals surface area contributed by atoms with Gasteiger partial charge in [0.15, 0.2) is 0 Å². The fraction of sp³-hybridized carbons (Fsp3) is 0.812. The molecule has 7 heteroatoms. The summed E-state index contributed by atoms with van der Waals surface area (Å²) in [6.45, 7) is 6.42. The number of hydrogen-bond acceptors (Lipinski definition) is 5. The molecule has 2 amide bonds. The maximum Gasteiger partial charge on any atom is 0.410 e. The monoisotopic (exact) mass is 326 g/mol. The molecule has 2 atom stereocenters. The van der Waals surface area contributed by atoms with Gasteiger partial charge in [0, 0.05) is 13.1 Å². The minimum Gasteiger partial charge on any atom is -0.467 e. The lowest BCUT2D eigenvalue weighted by Crippen LogP contribution is -2.51. The van der Waals surface area contributed by atoms with Crippen LogP contribution in [0.2, 0.25) is 0 Å². The van der Waals surface area contributed by atoms with E-state index in [0.29, 0.717) is 25.9 Å². The van der Waals surface area contributed by atoms with Gasteiger partial charge in [-0.05, 0) is 46.5 Å². The van der Waals surface area contributed by atoms with Gasteiger partial charge in [-0.15, -0.1) is 0 Å². The van der Waals surface area contributed by atoms with Crippen molar-refractivity contribution >= 4 is 18.0 Å². The van der Waals surface area contributed by atoms with E-state index in [9.17, 15) is 14.4 Å². The minimum absolute atomic E-state index is 0.179. The molecule has 0 N–H and O–H groups in total. The highest BCUT2D eigenvalue weighted by Gasteiger charge is 2.43. The average Bonchev–Trinajstić information content (AvgIpc) is 3.12. The van der Waals surface area contributed by atoms with Gasteiger partial charge in [0.2, 0.25) is 5.91 Å². The van der Waals surface area contributed by atoms with Crippen LogP contribution in [0.1, 0.15) is 46.5 Å². The Morgan fingerprint density at radius 1 is 0.957 bits per heavy atom. The largest absolute Gasteiger partial charge is 0.467 e. The maximum atomic E-state index is 12.8. The molecule has 0 spiro atoms. The Hall–Kier alpha value is -1.79. The topological polar surface area (TPSA) is 76.2 Å². The van der Waals surface area contributed by atoms with E-state index in [4.69, 9.17) is 9.47 Å². The van der Waals surface area contributed by atoms with E-state index in [-0.39, 0.29) is 5.91 Å². The molecule has 2 aliphatic rings. The van der Waals surface area contributed by atoms with Crippen molar-refractivity contribution in [1.29, 1.82) is 0 Å². The zero-order valence-electron chi connectivity index (χ0n) is 14.3. The number of methoxy groups -OCH3 is 1. The second kappa shape index (κ2) is 6.76. The molecule has 7 nitrogen and oxygen atoms in total. The summed E-state index contributed by atoms with van der Waals surface area (Å²) in [5.41, 5.74) is -0.602. The summed E-state index contributed by atoms with van der Waals surface area (Å²) in [6.07, 6.45) is 2.26. The molecule has 2 fully saturated rings. The quantitative estimate of drug-likeness (QED) is 0.720. The first-order chi connectivity index (χ1) is 10.7. The molecule has 2 heterocycles. The minimum atomic E-state index is -0.602. The van der Waals surface area contributed by atoms with Crippen LogP contribution in [0.15, 0.2) is 0 Å². The number of nitrogens with zero attached hydrogens (tertiary/aromatic N) is 2. The van der Waals surface area contributed by atoms with Crippen LogP contribution in [0.4, 0.5) is 4.79 Å². The number of esters is 1. The van der Waals surface area contributed by atoms with Crippen LogP contribution in [0.25, 0.3) is 0 Å². The predicted molar refractivity (Wildman–Crippen MR) is 82.7 cm³/mol. The van der Waals surface area contributed by atoms with Crippen molar-refractivity contribution in [2.24, 2.45) is 0 Å². The van der Waals surface area contributed by atoms with Crippen LogP contribution < -0.4 is 0 Å². The summed E-state index contributed by atoms with van der Waals surface area (Å²) in [6, 6.07) is -1.08. The molecule has 130 valence electrons. The summed E-state index contributed by atoms with van der Waals surface area (Å²) >= 11 is 0. The van der Waals surface area contributed by atoms with Crippen molar-refractivity contribution in [2.45, 2.75) is 64.1 Å². The molecular formula is C16H26N2O5. The highest BCUT2D eigenvalue weighted by Crippen LogP contribution is 2.26. The lowest BCUT2D eigenvalue weighted by Gasteiger charge is -2.31. The molecule has 23 heavy (non-hydrogen) atoms. The molecule has 2 aliphatic heterocycles. The van der Waals surface area contributed by atoms with Gasteiger partial charge in [0.05, 0.1) is 7.11 Å². The third kappa shape index (κ3) is 3.95. The number of rotatable bonds is 2. The smallest absolute Gasteiger partial charge is 0.410 e. The Bertz CT molecular complexity index is 485. The molecule has 0 unspecified atom stereocenters. The number of carbonyl (C=O) groups excluding carboxylic acids is 3. The van der Waals surface area contributed by atoms with E-state index in [2.05, 4.69) is 0 Å². The van der Waals surface area contributed by atoms with Crippen molar-refractivity contribution in [3.05, 3.63) is 0 Å². The first-order valence-corrected chi connectivity index (χ1v) is 8.12. The summed E-state index contributed by atoms with van der Waals surface area (Å²) in [7, 11) is 1.33. The van der Waals surface area contributed by atoms with Crippen molar-refractivity contribution in [3.63, 3.8) is 0 Å². The van der Waals surface area contributed by atoms with Crippen LogP contribution in [0.3, 0.4) is 0 Å². The summed E-state index contributed by atoms with van der Waals surface area (Å²) in [4.78, 5) is 40.0.